The van der Waals surface area contributed by atoms with Crippen LogP contribution in [0.25, 0.3) is 5.69 Å². The largest absolute Gasteiger partial charge is 0.350 e. The lowest BCUT2D eigenvalue weighted by Crippen LogP contribution is -2.32. The Balaban J connectivity index is 1.73. The molecule has 0 saturated heterocycles. The van der Waals surface area contributed by atoms with E-state index in [0.29, 0.717) is 22.8 Å². The molecule has 178 valence electrons. The first-order chi connectivity index (χ1) is 16.4. The van der Waals surface area contributed by atoms with Crippen molar-refractivity contribution in [1.82, 2.24) is 9.88 Å². The third kappa shape index (κ3) is 4.95. The van der Waals surface area contributed by atoms with Crippen LogP contribution in [0.3, 0.4) is 0 Å². The van der Waals surface area contributed by atoms with Crippen LogP contribution in [0, 0.1) is 18.7 Å². The summed E-state index contributed by atoms with van der Waals surface area (Å²) >= 11 is 6.26. The second-order valence-corrected chi connectivity index (χ2v) is 9.39. The number of ketones is 1. The van der Waals surface area contributed by atoms with Crippen molar-refractivity contribution in [1.29, 1.82) is 0 Å². The first kappa shape index (κ1) is 24.2. The van der Waals surface area contributed by atoms with Crippen LogP contribution >= 0.6 is 11.6 Å². The van der Waals surface area contributed by atoms with E-state index < -0.39 is 11.6 Å². The van der Waals surface area contributed by atoms with E-state index in [9.17, 15) is 14.0 Å². The van der Waals surface area contributed by atoms with E-state index in [1.807, 2.05) is 11.5 Å². The van der Waals surface area contributed by atoms with Gasteiger partial charge in [-0.2, -0.15) is 0 Å². The Morgan fingerprint density at radius 3 is 2.50 bits per heavy atom. The number of hydrogen-bond donors (Lipinski definition) is 1. The molecule has 1 saturated carbocycles. The number of carbonyl (C=O) groups excluding carboxylic acids is 2. The molecule has 2 aromatic carbocycles. The number of benzene rings is 2. The van der Waals surface area contributed by atoms with Crippen molar-refractivity contribution >= 4 is 23.3 Å². The second kappa shape index (κ2) is 10.6. The van der Waals surface area contributed by atoms with Gasteiger partial charge in [0.05, 0.1) is 17.8 Å². The van der Waals surface area contributed by atoms with E-state index in [0.717, 1.165) is 49.1 Å². The molecule has 6 heteroatoms. The van der Waals surface area contributed by atoms with Crippen molar-refractivity contribution in [3.63, 3.8) is 0 Å². The van der Waals surface area contributed by atoms with Crippen LogP contribution < -0.4 is 5.32 Å². The van der Waals surface area contributed by atoms with Gasteiger partial charge in [0, 0.05) is 27.9 Å². The number of aryl methyl sites for hydroxylation is 1. The zero-order valence-electron chi connectivity index (χ0n) is 19.7. The molecule has 1 fully saturated rings. The van der Waals surface area contributed by atoms with Crippen molar-refractivity contribution in [2.45, 2.75) is 58.9 Å². The summed E-state index contributed by atoms with van der Waals surface area (Å²) in [6.07, 6.45) is 6.07. The highest BCUT2D eigenvalue weighted by Crippen LogP contribution is 2.29. The molecule has 0 unspecified atom stereocenters. The second-order valence-electron chi connectivity index (χ2n) is 8.96. The van der Waals surface area contributed by atoms with Crippen LogP contribution in [0.2, 0.25) is 5.02 Å². The van der Waals surface area contributed by atoms with Gasteiger partial charge in [-0.15, -0.1) is 0 Å². The summed E-state index contributed by atoms with van der Waals surface area (Å²) in [5, 5.41) is 3.51. The molecule has 1 aliphatic carbocycles. The van der Waals surface area contributed by atoms with E-state index in [1.54, 1.807) is 30.3 Å². The molecule has 0 radical (unpaired) electrons. The average molecular weight is 481 g/mol. The number of nitrogens with zero attached hydrogens (tertiary/aromatic N) is 1. The molecule has 3 aromatic rings. The molecule has 1 N–H and O–H groups in total. The van der Waals surface area contributed by atoms with Crippen molar-refractivity contribution in [3.8, 4) is 5.69 Å². The van der Waals surface area contributed by atoms with Crippen molar-refractivity contribution in [2.75, 3.05) is 0 Å². The van der Waals surface area contributed by atoms with E-state index in [4.69, 9.17) is 11.6 Å². The summed E-state index contributed by atoms with van der Waals surface area (Å²) in [5.41, 5.74) is 3.92. The monoisotopic (exact) mass is 480 g/mol. The lowest BCUT2D eigenvalue weighted by molar-refractivity contribution is -0.126. The topological polar surface area (TPSA) is 51.1 Å². The minimum atomic E-state index is -0.572. The lowest BCUT2D eigenvalue weighted by atomic mass is 9.89. The fourth-order valence-electron chi connectivity index (χ4n) is 4.91. The van der Waals surface area contributed by atoms with E-state index in [-0.39, 0.29) is 17.4 Å². The molecule has 1 heterocycles. The van der Waals surface area contributed by atoms with Gasteiger partial charge >= 0.3 is 0 Å². The van der Waals surface area contributed by atoms with Crippen LogP contribution in [0.1, 0.15) is 71.9 Å². The zero-order chi connectivity index (χ0) is 24.2. The normalized spacial score (nSPS) is 14.2. The van der Waals surface area contributed by atoms with Crippen LogP contribution in [-0.4, -0.2) is 16.3 Å². The molecule has 1 aromatic heterocycles. The molecule has 0 atom stereocenters. The van der Waals surface area contributed by atoms with Crippen molar-refractivity contribution in [3.05, 3.63) is 87.4 Å². The van der Waals surface area contributed by atoms with Crippen LogP contribution in [0.4, 0.5) is 4.39 Å². The highest BCUT2D eigenvalue weighted by Gasteiger charge is 2.24. The highest BCUT2D eigenvalue weighted by molar-refractivity contribution is 6.31. The fourth-order valence-corrected chi connectivity index (χ4v) is 5.09. The molecule has 4 rings (SSSR count). The number of carbonyl (C=O) groups is 2. The fraction of sp³-hybridized carbons (Fsp3) is 0.357. The Labute approximate surface area is 205 Å². The maximum atomic E-state index is 14.5. The van der Waals surface area contributed by atoms with Crippen LogP contribution in [0.5, 0.6) is 0 Å². The third-order valence-corrected chi connectivity index (χ3v) is 7.03. The molecular weight excluding hydrogens is 451 g/mol. The van der Waals surface area contributed by atoms with Gasteiger partial charge < -0.3 is 9.88 Å². The Hall–Kier alpha value is -2.92. The third-order valence-electron chi connectivity index (χ3n) is 6.79. The number of aromatic nitrogens is 1. The molecule has 4 nitrogen and oxygen atoms in total. The van der Waals surface area contributed by atoms with Gasteiger partial charge in [-0.3, -0.25) is 9.59 Å². The first-order valence-electron chi connectivity index (χ1n) is 12.0. The zero-order valence-corrected chi connectivity index (χ0v) is 20.4. The predicted molar refractivity (Wildman–Crippen MR) is 133 cm³/mol. The van der Waals surface area contributed by atoms with Gasteiger partial charge in [0.1, 0.15) is 5.82 Å². The Kier molecular flexibility index (Phi) is 7.52. The molecule has 1 aliphatic rings. The molecule has 1 amide bonds. The summed E-state index contributed by atoms with van der Waals surface area (Å²) in [7, 11) is 0. The minimum Gasteiger partial charge on any atom is -0.350 e. The summed E-state index contributed by atoms with van der Waals surface area (Å²) in [5.74, 6) is -0.852. The number of nitrogens with one attached hydrogen (secondary N) is 1. The highest BCUT2D eigenvalue weighted by atomic mass is 35.5. The molecule has 0 bridgehead atoms. The minimum absolute atomic E-state index is 0.00121. The van der Waals surface area contributed by atoms with Crippen LogP contribution in [-0.2, 0) is 17.8 Å². The number of hydrogen-bond acceptors (Lipinski definition) is 2. The van der Waals surface area contributed by atoms with Gasteiger partial charge in [0.2, 0.25) is 5.91 Å². The van der Waals surface area contributed by atoms with Gasteiger partial charge in [-0.25, -0.2) is 4.39 Å². The molecule has 0 aliphatic heterocycles. The number of amides is 1. The quantitative estimate of drug-likeness (QED) is 0.389. The Morgan fingerprint density at radius 2 is 1.79 bits per heavy atom. The van der Waals surface area contributed by atoms with E-state index >= 15 is 0 Å². The predicted octanol–water partition coefficient (Wildman–Crippen LogP) is 6.57. The van der Waals surface area contributed by atoms with E-state index in [1.165, 1.54) is 18.6 Å². The van der Waals surface area contributed by atoms with Crippen molar-refractivity contribution < 1.29 is 14.0 Å². The van der Waals surface area contributed by atoms with Gasteiger partial charge in [0.15, 0.2) is 5.78 Å². The standard InChI is InChI=1S/C28H30ClFN2O2/c1-3-19-15-22(17-31-28(34)20-9-5-4-6-10-20)32(18(19)2)26-14-13-21(29)16-24(26)27(33)23-11-7-8-12-25(23)30/h7-8,11-16,20H,3-6,9-10,17H2,1-2H3,(H,31,34). The SMILES string of the molecule is CCc1cc(CNC(=O)C2CCCCC2)n(-c2ccc(Cl)cc2C(=O)c2ccccc2F)c1C. The maximum absolute atomic E-state index is 14.5. The lowest BCUT2D eigenvalue weighted by Gasteiger charge is -2.21. The Bertz CT molecular complexity index is 1210. The molecule has 34 heavy (non-hydrogen) atoms. The van der Waals surface area contributed by atoms with Gasteiger partial charge in [0.25, 0.3) is 0 Å². The summed E-state index contributed by atoms with van der Waals surface area (Å²) < 4.78 is 16.4. The molecule has 0 spiro atoms. The number of halogens is 2. The van der Waals surface area contributed by atoms with Gasteiger partial charge in [-0.1, -0.05) is 49.9 Å². The van der Waals surface area contributed by atoms with Crippen LogP contribution in [0.15, 0.2) is 48.5 Å². The summed E-state index contributed by atoms with van der Waals surface area (Å²) in [4.78, 5) is 26.2. The smallest absolute Gasteiger partial charge is 0.223 e. The van der Waals surface area contributed by atoms with Gasteiger partial charge in [-0.05, 0) is 68.1 Å². The summed E-state index contributed by atoms with van der Waals surface area (Å²) in [6.45, 7) is 4.42. The molecular formula is C28H30ClFN2O2. The maximum Gasteiger partial charge on any atom is 0.223 e. The van der Waals surface area contributed by atoms with Crippen molar-refractivity contribution in [2.24, 2.45) is 5.92 Å². The first-order valence-corrected chi connectivity index (χ1v) is 12.4. The average Bonchev–Trinajstić information content (AvgIpc) is 3.18. The van der Waals surface area contributed by atoms with E-state index in [2.05, 4.69) is 18.3 Å². The number of rotatable bonds is 7. The summed E-state index contributed by atoms with van der Waals surface area (Å²) in [6, 6.07) is 13.1. The Morgan fingerprint density at radius 1 is 1.06 bits per heavy atom.